The summed E-state index contributed by atoms with van der Waals surface area (Å²) in [5, 5.41) is 20.1. The molecule has 37 heavy (non-hydrogen) atoms. The number of alkyl carbamates (subject to hydrolysis) is 1. The van der Waals surface area contributed by atoms with Crippen LogP contribution in [0.1, 0.15) is 56.6 Å². The van der Waals surface area contributed by atoms with Crippen LogP contribution in [0.5, 0.6) is 0 Å². The van der Waals surface area contributed by atoms with E-state index in [0.29, 0.717) is 37.8 Å². The predicted octanol–water partition coefficient (Wildman–Crippen LogP) is 3.70. The first-order valence-electron chi connectivity index (χ1n) is 13.5. The topological polar surface area (TPSA) is 112 Å². The van der Waals surface area contributed by atoms with Crippen LogP contribution in [0.25, 0.3) is 0 Å². The number of piperidine rings is 1. The number of hydrogen-bond donors (Lipinski definition) is 4. The van der Waals surface area contributed by atoms with Crippen molar-refractivity contribution in [1.82, 2.24) is 20.9 Å². The monoisotopic (exact) mass is 538 g/mol. The summed E-state index contributed by atoms with van der Waals surface area (Å²) in [4.78, 5) is 26.6. The number of likely N-dealkylation sites (N-methyl/N-ethyl adjacent to an activating group) is 1. The van der Waals surface area contributed by atoms with Gasteiger partial charge in [-0.1, -0.05) is 36.6 Å². The Kier molecular flexibility index (Phi) is 12.2. The summed E-state index contributed by atoms with van der Waals surface area (Å²) in [7, 11) is 3.21. The van der Waals surface area contributed by atoms with Gasteiger partial charge in [0.15, 0.2) is 0 Å². The molecule has 1 aromatic carbocycles. The maximum Gasteiger partial charge on any atom is 0.406 e. The SMILES string of the molecule is CNCC(CC1CCCCC1O)NC(=O)N1CCCC(C(OCCNC(=O)OC)c2cccc(Cl)c2)C1. The number of nitrogens with one attached hydrogen (secondary N) is 3. The molecule has 3 amide bonds. The summed E-state index contributed by atoms with van der Waals surface area (Å²) < 4.78 is 10.9. The highest BCUT2D eigenvalue weighted by molar-refractivity contribution is 6.30. The van der Waals surface area contributed by atoms with Crippen LogP contribution in [0.3, 0.4) is 0 Å². The first-order chi connectivity index (χ1) is 17.9. The van der Waals surface area contributed by atoms with Crippen molar-refractivity contribution in [2.24, 2.45) is 11.8 Å². The number of urea groups is 1. The summed E-state index contributed by atoms with van der Waals surface area (Å²) in [5.74, 6) is 0.305. The molecule has 0 bridgehead atoms. The normalized spacial score (nSPS) is 23.7. The average molecular weight is 539 g/mol. The van der Waals surface area contributed by atoms with Crippen molar-refractivity contribution in [3.05, 3.63) is 34.9 Å². The zero-order chi connectivity index (χ0) is 26.6. The van der Waals surface area contributed by atoms with E-state index in [0.717, 1.165) is 50.5 Å². The molecule has 208 valence electrons. The second kappa shape index (κ2) is 15.4. The molecule has 4 N–H and O–H groups in total. The fraction of sp³-hybridized carbons (Fsp3) is 0.704. The van der Waals surface area contributed by atoms with E-state index in [-0.39, 0.29) is 36.1 Å². The Balaban J connectivity index is 1.63. The van der Waals surface area contributed by atoms with Crippen molar-refractivity contribution in [3.8, 4) is 0 Å². The molecule has 1 saturated heterocycles. The molecule has 0 aromatic heterocycles. The van der Waals surface area contributed by atoms with Crippen LogP contribution < -0.4 is 16.0 Å². The zero-order valence-electron chi connectivity index (χ0n) is 22.1. The number of likely N-dealkylation sites (tertiary alicyclic amines) is 1. The smallest absolute Gasteiger partial charge is 0.406 e. The number of benzene rings is 1. The zero-order valence-corrected chi connectivity index (χ0v) is 22.8. The number of rotatable bonds is 11. The van der Waals surface area contributed by atoms with E-state index >= 15 is 0 Å². The van der Waals surface area contributed by atoms with Crippen LogP contribution in [-0.4, -0.2) is 81.2 Å². The molecule has 1 saturated carbocycles. The highest BCUT2D eigenvalue weighted by atomic mass is 35.5. The molecule has 5 unspecified atom stereocenters. The van der Waals surface area contributed by atoms with Crippen molar-refractivity contribution in [1.29, 1.82) is 0 Å². The summed E-state index contributed by atoms with van der Waals surface area (Å²) in [6.45, 7) is 2.54. The third-order valence-corrected chi connectivity index (χ3v) is 7.67. The van der Waals surface area contributed by atoms with E-state index in [2.05, 4.69) is 20.7 Å². The minimum atomic E-state index is -0.500. The Bertz CT molecular complexity index is 860. The fourth-order valence-corrected chi connectivity index (χ4v) is 5.77. The lowest BCUT2D eigenvalue weighted by molar-refractivity contribution is -0.00874. The number of amides is 3. The van der Waals surface area contributed by atoms with Gasteiger partial charge in [0.2, 0.25) is 0 Å². The molecule has 1 heterocycles. The van der Waals surface area contributed by atoms with Crippen LogP contribution in [0, 0.1) is 11.8 Å². The average Bonchev–Trinajstić information content (AvgIpc) is 2.90. The summed E-state index contributed by atoms with van der Waals surface area (Å²) in [5.41, 5.74) is 0.956. The Hall–Kier alpha value is -2.07. The number of methoxy groups -OCH3 is 1. The van der Waals surface area contributed by atoms with Crippen molar-refractivity contribution in [2.45, 2.75) is 63.2 Å². The van der Waals surface area contributed by atoms with Crippen molar-refractivity contribution < 1.29 is 24.2 Å². The number of ether oxygens (including phenoxy) is 2. The molecule has 1 aliphatic carbocycles. The standard InChI is InChI=1S/C27H43ClN4O5/c1-29-17-23(16-19-7-3-4-11-24(19)33)31-26(34)32-13-6-9-21(18-32)25(20-8-5-10-22(28)15-20)37-14-12-30-27(35)36-2/h5,8,10,15,19,21,23-25,29,33H,3-4,6-7,9,11-14,16-18H2,1-2H3,(H,30,35)(H,31,34). The quantitative estimate of drug-likeness (QED) is 0.320. The minimum absolute atomic E-state index is 0.0417. The third kappa shape index (κ3) is 9.32. The summed E-state index contributed by atoms with van der Waals surface area (Å²) in [6.07, 6.45) is 5.57. The van der Waals surface area contributed by atoms with E-state index in [9.17, 15) is 14.7 Å². The van der Waals surface area contributed by atoms with Crippen molar-refractivity contribution in [3.63, 3.8) is 0 Å². The Morgan fingerprint density at radius 1 is 1.22 bits per heavy atom. The van der Waals surface area contributed by atoms with E-state index in [1.54, 1.807) is 0 Å². The predicted molar refractivity (Wildman–Crippen MR) is 144 cm³/mol. The molecule has 0 radical (unpaired) electrons. The molecule has 9 nitrogen and oxygen atoms in total. The summed E-state index contributed by atoms with van der Waals surface area (Å²) >= 11 is 6.28. The Labute approximate surface area is 225 Å². The van der Waals surface area contributed by atoms with Crippen LogP contribution in [-0.2, 0) is 9.47 Å². The number of aliphatic hydroxyl groups excluding tert-OH is 1. The van der Waals surface area contributed by atoms with Gasteiger partial charge in [0.25, 0.3) is 0 Å². The van der Waals surface area contributed by atoms with Gasteiger partial charge >= 0.3 is 12.1 Å². The first-order valence-corrected chi connectivity index (χ1v) is 13.9. The van der Waals surface area contributed by atoms with Gasteiger partial charge in [0.1, 0.15) is 0 Å². The lowest BCUT2D eigenvalue weighted by Gasteiger charge is -2.38. The molecular weight excluding hydrogens is 496 g/mol. The number of carbonyl (C=O) groups is 2. The molecule has 1 aromatic rings. The number of aliphatic hydroxyl groups is 1. The number of carbonyl (C=O) groups excluding carboxylic acids is 2. The van der Waals surface area contributed by atoms with Crippen LogP contribution >= 0.6 is 11.6 Å². The Morgan fingerprint density at radius 3 is 2.76 bits per heavy atom. The van der Waals surface area contributed by atoms with Crippen LogP contribution in [0.2, 0.25) is 5.02 Å². The molecule has 2 aliphatic rings. The van der Waals surface area contributed by atoms with Gasteiger partial charge in [-0.05, 0) is 62.8 Å². The van der Waals surface area contributed by atoms with Crippen LogP contribution in [0.4, 0.5) is 9.59 Å². The minimum Gasteiger partial charge on any atom is -0.453 e. The van der Waals surface area contributed by atoms with Crippen LogP contribution in [0.15, 0.2) is 24.3 Å². The highest BCUT2D eigenvalue weighted by Crippen LogP contribution is 2.34. The lowest BCUT2D eigenvalue weighted by atomic mass is 9.82. The fourth-order valence-electron chi connectivity index (χ4n) is 5.57. The van der Waals surface area contributed by atoms with Gasteiger partial charge in [-0.2, -0.15) is 0 Å². The van der Waals surface area contributed by atoms with Crippen molar-refractivity contribution in [2.75, 3.05) is 46.9 Å². The maximum atomic E-state index is 13.3. The molecule has 5 atom stereocenters. The highest BCUT2D eigenvalue weighted by Gasteiger charge is 2.33. The first kappa shape index (κ1) is 29.5. The van der Waals surface area contributed by atoms with E-state index < -0.39 is 6.09 Å². The van der Waals surface area contributed by atoms with Gasteiger partial charge in [0, 0.05) is 43.2 Å². The molecule has 10 heteroatoms. The molecule has 1 aliphatic heterocycles. The molecule has 3 rings (SSSR count). The Morgan fingerprint density at radius 2 is 2.03 bits per heavy atom. The number of halogens is 1. The summed E-state index contributed by atoms with van der Waals surface area (Å²) in [6, 6.07) is 7.49. The number of hydrogen-bond acceptors (Lipinski definition) is 6. The third-order valence-electron chi connectivity index (χ3n) is 7.44. The lowest BCUT2D eigenvalue weighted by Crippen LogP contribution is -2.52. The van der Waals surface area contributed by atoms with Crippen molar-refractivity contribution >= 4 is 23.7 Å². The maximum absolute atomic E-state index is 13.3. The van der Waals surface area contributed by atoms with Gasteiger partial charge in [-0.15, -0.1) is 0 Å². The molecule has 0 spiro atoms. The molecular formula is C27H43ClN4O5. The second-order valence-corrected chi connectivity index (χ2v) is 10.6. The van der Waals surface area contributed by atoms with Gasteiger partial charge < -0.3 is 35.4 Å². The van der Waals surface area contributed by atoms with Gasteiger partial charge in [-0.25, -0.2) is 9.59 Å². The molecule has 2 fully saturated rings. The number of nitrogens with zero attached hydrogens (tertiary/aromatic N) is 1. The van der Waals surface area contributed by atoms with E-state index in [1.165, 1.54) is 7.11 Å². The largest absolute Gasteiger partial charge is 0.453 e. The second-order valence-electron chi connectivity index (χ2n) is 10.2. The van der Waals surface area contributed by atoms with E-state index in [4.69, 9.17) is 16.3 Å². The van der Waals surface area contributed by atoms with E-state index in [1.807, 2.05) is 36.2 Å². The van der Waals surface area contributed by atoms with Gasteiger partial charge in [0.05, 0.1) is 25.9 Å². The van der Waals surface area contributed by atoms with Gasteiger partial charge in [-0.3, -0.25) is 0 Å².